The number of unbranched alkanes of at least 4 members (excludes halogenated alkanes) is 2. The number of esters is 2. The maximum absolute atomic E-state index is 12.4. The summed E-state index contributed by atoms with van der Waals surface area (Å²) < 4.78 is 10.3. The molecule has 6 unspecified atom stereocenters. The molecular weight excluding hydrogens is 724 g/mol. The zero-order valence-corrected chi connectivity index (χ0v) is 35.2. The Kier molecular flexibility index (Phi) is 25.6. The number of carbonyl (C=O) groups excluding carboxylic acids is 6. The Hall–Kier alpha value is -3.34. The summed E-state index contributed by atoms with van der Waals surface area (Å²) in [5, 5.41) is 0. The molecule has 0 saturated heterocycles. The van der Waals surface area contributed by atoms with E-state index in [1.165, 1.54) is 0 Å². The Morgan fingerprint density at radius 3 is 1.24 bits per heavy atom. The van der Waals surface area contributed by atoms with Crippen molar-refractivity contribution in [2.24, 2.45) is 11.8 Å². The van der Waals surface area contributed by atoms with Gasteiger partial charge in [-0.1, -0.05) is 60.3 Å². The maximum atomic E-state index is 12.4. The monoisotopic (exact) mass is 792 g/mol. The lowest BCUT2D eigenvalue weighted by molar-refractivity contribution is -0.332. The Bertz CT molecular complexity index is 1170. The molecule has 0 heterocycles. The minimum Gasteiger partial charge on any atom is -0.454 e. The lowest BCUT2D eigenvalue weighted by Crippen LogP contribution is -2.35. The minimum absolute atomic E-state index is 0.104. The van der Waals surface area contributed by atoms with Crippen LogP contribution in [0.15, 0.2) is 0 Å². The molecule has 55 heavy (non-hydrogen) atoms. The second kappa shape index (κ2) is 27.3. The first-order chi connectivity index (χ1) is 25.7. The summed E-state index contributed by atoms with van der Waals surface area (Å²) in [7, 11) is 0. The summed E-state index contributed by atoms with van der Waals surface area (Å²) in [6.07, 6.45) is 4.50. The molecule has 0 N–H and O–H groups in total. The van der Waals surface area contributed by atoms with E-state index in [0.717, 1.165) is 25.7 Å². The van der Waals surface area contributed by atoms with Crippen molar-refractivity contribution >= 4 is 35.8 Å². The Morgan fingerprint density at radius 2 is 0.873 bits per heavy atom. The third kappa shape index (κ3) is 23.4. The molecule has 6 atom stereocenters. The predicted molar refractivity (Wildman–Crippen MR) is 197 cm³/mol. The normalized spacial score (nSPS) is 15.1. The van der Waals surface area contributed by atoms with E-state index in [1.807, 2.05) is 27.7 Å². The molecule has 0 rings (SSSR count). The average Bonchev–Trinajstić information content (AvgIpc) is 3.11. The zero-order chi connectivity index (χ0) is 42.2. The fraction of sp³-hybridized carbons (Fsp3) is 0.846. The first kappa shape index (κ1) is 51.7. The highest BCUT2D eigenvalue weighted by atomic mass is 17.2. The summed E-state index contributed by atoms with van der Waals surface area (Å²) in [5.41, 5.74) is -2.04. The van der Waals surface area contributed by atoms with Crippen molar-refractivity contribution in [3.8, 4) is 0 Å². The summed E-state index contributed by atoms with van der Waals surface area (Å²) in [6, 6.07) is 0. The van der Waals surface area contributed by atoms with Gasteiger partial charge in [-0.05, 0) is 93.4 Å². The first-order valence-corrected chi connectivity index (χ1v) is 19.7. The van der Waals surface area contributed by atoms with E-state index in [1.54, 1.807) is 55.4 Å². The van der Waals surface area contributed by atoms with Gasteiger partial charge in [-0.2, -0.15) is 19.6 Å². The maximum Gasteiger partial charge on any atom is 0.449 e. The highest BCUT2D eigenvalue weighted by Gasteiger charge is 2.33. The van der Waals surface area contributed by atoms with Gasteiger partial charge in [0.15, 0.2) is 0 Å². The molecule has 0 radical (unpaired) electrons. The van der Waals surface area contributed by atoms with Gasteiger partial charge in [0.05, 0.1) is 11.8 Å². The van der Waals surface area contributed by atoms with Gasteiger partial charge in [0.2, 0.25) is 0 Å². The van der Waals surface area contributed by atoms with Crippen LogP contribution in [0.3, 0.4) is 0 Å². The minimum atomic E-state index is -1.38. The highest BCUT2D eigenvalue weighted by Crippen LogP contribution is 2.24. The van der Waals surface area contributed by atoms with Crippen molar-refractivity contribution in [2.45, 2.75) is 202 Å². The Labute approximate surface area is 326 Å². The molecule has 0 aliphatic heterocycles. The summed E-state index contributed by atoms with van der Waals surface area (Å²) in [5.74, 6) is -6.78. The molecule has 0 aliphatic rings. The van der Waals surface area contributed by atoms with E-state index in [-0.39, 0.29) is 37.5 Å². The second-order valence-electron chi connectivity index (χ2n) is 15.2. The van der Waals surface area contributed by atoms with E-state index in [0.29, 0.717) is 32.1 Å². The number of ether oxygens (including phenoxy) is 2. The molecular formula is C39H68O16. The van der Waals surface area contributed by atoms with E-state index in [4.69, 9.17) is 43.7 Å². The average molecular weight is 793 g/mol. The van der Waals surface area contributed by atoms with Crippen LogP contribution >= 0.6 is 0 Å². The van der Waals surface area contributed by atoms with Crippen molar-refractivity contribution in [1.29, 1.82) is 0 Å². The molecule has 0 aromatic carbocycles. The van der Waals surface area contributed by atoms with Crippen LogP contribution < -0.4 is 0 Å². The van der Waals surface area contributed by atoms with Crippen LogP contribution in [-0.2, 0) is 77.3 Å². The molecule has 16 nitrogen and oxygen atoms in total. The summed E-state index contributed by atoms with van der Waals surface area (Å²) >= 11 is 0. The third-order valence-corrected chi connectivity index (χ3v) is 8.57. The molecule has 0 aromatic rings. The first-order valence-electron chi connectivity index (χ1n) is 19.7. The van der Waals surface area contributed by atoms with Gasteiger partial charge in [0, 0.05) is 12.8 Å². The van der Waals surface area contributed by atoms with Gasteiger partial charge in [0.25, 0.3) is 0 Å². The predicted octanol–water partition coefficient (Wildman–Crippen LogP) is 7.47. The van der Waals surface area contributed by atoms with Gasteiger partial charge in [-0.15, -0.1) is 0 Å². The smallest absolute Gasteiger partial charge is 0.449 e. The third-order valence-electron chi connectivity index (χ3n) is 8.57. The quantitative estimate of drug-likeness (QED) is 0.0327. The van der Waals surface area contributed by atoms with Crippen LogP contribution in [0.5, 0.6) is 0 Å². The molecule has 0 amide bonds. The molecule has 16 heteroatoms. The fourth-order valence-electron chi connectivity index (χ4n) is 5.41. The van der Waals surface area contributed by atoms with Gasteiger partial charge in [-0.25, -0.2) is 28.8 Å². The van der Waals surface area contributed by atoms with Crippen LogP contribution in [-0.4, -0.2) is 71.4 Å². The molecule has 0 aromatic heterocycles. The summed E-state index contributed by atoms with van der Waals surface area (Å²) in [4.78, 5) is 114. The molecule has 0 saturated carbocycles. The molecule has 0 spiro atoms. The van der Waals surface area contributed by atoms with Gasteiger partial charge in [0.1, 0.15) is 35.6 Å². The van der Waals surface area contributed by atoms with Crippen molar-refractivity contribution in [1.82, 2.24) is 0 Å². The zero-order valence-electron chi connectivity index (χ0n) is 35.2. The van der Waals surface area contributed by atoms with Crippen LogP contribution in [0.2, 0.25) is 0 Å². The number of carbonyl (C=O) groups is 6. The van der Waals surface area contributed by atoms with E-state index in [2.05, 4.69) is 4.89 Å². The van der Waals surface area contributed by atoms with E-state index < -0.39 is 71.4 Å². The largest absolute Gasteiger partial charge is 0.454 e. The SMILES string of the molecule is CCCCC(CC)C(=O)OOC(C)(C)CC(C)OC(=O)C(=O)OOC(C)CCC(CC)OOC(=O)C(=O)OC(C)CC(C)(C)OOC(=O)C(CC)CCCC. The van der Waals surface area contributed by atoms with Crippen LogP contribution in [0.25, 0.3) is 0 Å². The molecule has 320 valence electrons. The van der Waals surface area contributed by atoms with Crippen molar-refractivity contribution < 1.29 is 77.3 Å². The van der Waals surface area contributed by atoms with Gasteiger partial charge < -0.3 is 9.47 Å². The van der Waals surface area contributed by atoms with Gasteiger partial charge in [-0.3, -0.25) is 19.6 Å². The van der Waals surface area contributed by atoms with Crippen LogP contribution in [0.1, 0.15) is 167 Å². The molecule has 0 aliphatic carbocycles. The number of hydrogen-bond acceptors (Lipinski definition) is 16. The Morgan fingerprint density at radius 1 is 0.473 bits per heavy atom. The molecule has 0 fully saturated rings. The van der Waals surface area contributed by atoms with Crippen molar-refractivity contribution in [3.63, 3.8) is 0 Å². The number of rotatable bonds is 28. The lowest BCUT2D eigenvalue weighted by atomic mass is 10.00. The standard InChI is InChI=1S/C39H68O16/c1-13-18-20-29(15-3)32(40)52-54-38(9,10)24-27(7)46-34(42)36(44)50-48-26(6)22-23-31(17-5)49-51-37(45)35(43)47-28(8)25-39(11,12)55-53-33(41)30(16-4)21-19-14-2/h26-31H,13-25H2,1-12H3. The lowest BCUT2D eigenvalue weighted by Gasteiger charge is -2.26. The Balaban J connectivity index is 4.60. The summed E-state index contributed by atoms with van der Waals surface area (Å²) in [6.45, 7) is 20.9. The van der Waals surface area contributed by atoms with Crippen molar-refractivity contribution in [2.75, 3.05) is 0 Å². The van der Waals surface area contributed by atoms with Crippen LogP contribution in [0, 0.1) is 11.8 Å². The van der Waals surface area contributed by atoms with Crippen molar-refractivity contribution in [3.05, 3.63) is 0 Å². The number of hydrogen-bond donors (Lipinski definition) is 0. The fourth-order valence-corrected chi connectivity index (χ4v) is 5.41. The topological polar surface area (TPSA) is 195 Å². The highest BCUT2D eigenvalue weighted by molar-refractivity contribution is 6.29. The van der Waals surface area contributed by atoms with E-state index in [9.17, 15) is 28.8 Å². The van der Waals surface area contributed by atoms with Crippen LogP contribution in [0.4, 0.5) is 0 Å². The molecule has 0 bridgehead atoms. The van der Waals surface area contributed by atoms with E-state index >= 15 is 0 Å². The second-order valence-corrected chi connectivity index (χ2v) is 15.2. The van der Waals surface area contributed by atoms with Gasteiger partial charge >= 0.3 is 35.8 Å².